The van der Waals surface area contributed by atoms with Crippen LogP contribution in [0.1, 0.15) is 26.7 Å². The lowest BCUT2D eigenvalue weighted by Crippen LogP contribution is -2.42. The average molecular weight is 201 g/mol. The summed E-state index contributed by atoms with van der Waals surface area (Å²) in [6.07, 6.45) is 1.90. The molecule has 0 bridgehead atoms. The molecule has 13 heavy (non-hydrogen) atoms. The van der Waals surface area contributed by atoms with Crippen LogP contribution in [-0.2, 0) is 4.79 Å². The normalized spacial score (nSPS) is 25.1. The van der Waals surface area contributed by atoms with E-state index in [9.17, 15) is 4.79 Å². The van der Waals surface area contributed by atoms with Gasteiger partial charge < -0.3 is 0 Å². The third-order valence-corrected chi connectivity index (χ3v) is 4.05. The summed E-state index contributed by atoms with van der Waals surface area (Å²) in [6.45, 7) is 3.96. The Morgan fingerprint density at radius 1 is 1.69 bits per heavy atom. The summed E-state index contributed by atoms with van der Waals surface area (Å²) < 4.78 is 0. The molecule has 0 amide bonds. The molecule has 0 spiro atoms. The number of ketones is 1. The van der Waals surface area contributed by atoms with E-state index in [4.69, 9.17) is 0 Å². The SMILES string of the molecule is CCC(=O)C(C)N(C)C1CCSC1. The third kappa shape index (κ3) is 2.71. The fourth-order valence-corrected chi connectivity index (χ4v) is 2.96. The molecule has 1 saturated heterocycles. The molecule has 2 unspecified atom stereocenters. The third-order valence-electron chi connectivity index (χ3n) is 2.91. The van der Waals surface area contributed by atoms with Crippen molar-refractivity contribution in [3.05, 3.63) is 0 Å². The van der Waals surface area contributed by atoms with Gasteiger partial charge in [-0.25, -0.2) is 0 Å². The number of carbonyl (C=O) groups excluding carboxylic acids is 1. The first kappa shape index (κ1) is 11.1. The molecule has 1 heterocycles. The van der Waals surface area contributed by atoms with E-state index in [1.165, 1.54) is 17.9 Å². The lowest BCUT2D eigenvalue weighted by Gasteiger charge is -2.28. The molecule has 0 aromatic carbocycles. The summed E-state index contributed by atoms with van der Waals surface area (Å²) >= 11 is 1.99. The first-order valence-electron chi connectivity index (χ1n) is 4.99. The number of Topliss-reactive ketones (excluding diaryl/α,β-unsaturated/α-hetero) is 1. The van der Waals surface area contributed by atoms with Gasteiger partial charge in [0.05, 0.1) is 6.04 Å². The summed E-state index contributed by atoms with van der Waals surface area (Å²) in [4.78, 5) is 13.7. The monoisotopic (exact) mass is 201 g/mol. The van der Waals surface area contributed by atoms with Gasteiger partial charge >= 0.3 is 0 Å². The van der Waals surface area contributed by atoms with Gasteiger partial charge in [0.15, 0.2) is 0 Å². The zero-order chi connectivity index (χ0) is 9.84. The summed E-state index contributed by atoms with van der Waals surface area (Å²) in [5, 5.41) is 0. The van der Waals surface area contributed by atoms with Crippen LogP contribution in [0.2, 0.25) is 0 Å². The minimum Gasteiger partial charge on any atom is -0.298 e. The van der Waals surface area contributed by atoms with Crippen LogP contribution in [0.15, 0.2) is 0 Å². The van der Waals surface area contributed by atoms with Crippen LogP contribution in [0.5, 0.6) is 0 Å². The van der Waals surface area contributed by atoms with Gasteiger partial charge in [0.1, 0.15) is 5.78 Å². The Bertz CT molecular complexity index is 178. The van der Waals surface area contributed by atoms with Gasteiger partial charge in [-0.1, -0.05) is 6.92 Å². The number of thioether (sulfide) groups is 1. The van der Waals surface area contributed by atoms with Gasteiger partial charge in [-0.15, -0.1) is 0 Å². The van der Waals surface area contributed by atoms with Crippen molar-refractivity contribution in [3.8, 4) is 0 Å². The molecule has 1 rings (SSSR count). The Kier molecular flexibility index (Phi) is 4.26. The number of likely N-dealkylation sites (N-methyl/N-ethyl adjacent to an activating group) is 1. The van der Waals surface area contributed by atoms with E-state index in [-0.39, 0.29) is 6.04 Å². The highest BCUT2D eigenvalue weighted by molar-refractivity contribution is 7.99. The van der Waals surface area contributed by atoms with Crippen molar-refractivity contribution in [2.75, 3.05) is 18.6 Å². The minimum atomic E-state index is 0.105. The van der Waals surface area contributed by atoms with E-state index in [1.807, 2.05) is 25.6 Å². The quantitative estimate of drug-likeness (QED) is 0.691. The second-order valence-corrected chi connectivity index (χ2v) is 4.83. The molecule has 1 aliphatic heterocycles. The largest absolute Gasteiger partial charge is 0.298 e. The van der Waals surface area contributed by atoms with Gasteiger partial charge in [0, 0.05) is 18.2 Å². The van der Waals surface area contributed by atoms with Crippen LogP contribution >= 0.6 is 11.8 Å². The van der Waals surface area contributed by atoms with Crippen LogP contribution in [0.4, 0.5) is 0 Å². The maximum Gasteiger partial charge on any atom is 0.149 e. The molecule has 3 heteroatoms. The maximum atomic E-state index is 11.5. The van der Waals surface area contributed by atoms with Crippen molar-refractivity contribution in [2.45, 2.75) is 38.8 Å². The zero-order valence-electron chi connectivity index (χ0n) is 8.75. The van der Waals surface area contributed by atoms with Gasteiger partial charge in [0.25, 0.3) is 0 Å². The van der Waals surface area contributed by atoms with Gasteiger partial charge in [0.2, 0.25) is 0 Å². The summed E-state index contributed by atoms with van der Waals surface area (Å²) in [5.74, 6) is 2.80. The molecule has 76 valence electrons. The molecule has 0 N–H and O–H groups in total. The lowest BCUT2D eigenvalue weighted by atomic mass is 10.1. The number of hydrogen-bond acceptors (Lipinski definition) is 3. The minimum absolute atomic E-state index is 0.105. The van der Waals surface area contributed by atoms with Crippen molar-refractivity contribution in [3.63, 3.8) is 0 Å². The van der Waals surface area contributed by atoms with E-state index in [0.717, 1.165) is 0 Å². The fourth-order valence-electron chi connectivity index (χ4n) is 1.68. The van der Waals surface area contributed by atoms with E-state index < -0.39 is 0 Å². The molecular weight excluding hydrogens is 182 g/mol. The highest BCUT2D eigenvalue weighted by atomic mass is 32.2. The number of rotatable bonds is 4. The van der Waals surface area contributed by atoms with Gasteiger partial charge in [-0.3, -0.25) is 9.69 Å². The molecule has 2 atom stereocenters. The van der Waals surface area contributed by atoms with Crippen molar-refractivity contribution in [1.82, 2.24) is 4.90 Å². The molecule has 2 nitrogen and oxygen atoms in total. The number of hydrogen-bond donors (Lipinski definition) is 0. The first-order valence-corrected chi connectivity index (χ1v) is 6.14. The van der Waals surface area contributed by atoms with Crippen LogP contribution in [0.3, 0.4) is 0 Å². The highest BCUT2D eigenvalue weighted by Crippen LogP contribution is 2.22. The van der Waals surface area contributed by atoms with Crippen molar-refractivity contribution < 1.29 is 4.79 Å². The molecule has 0 aromatic rings. The Labute approximate surface area is 85.1 Å². The fraction of sp³-hybridized carbons (Fsp3) is 0.900. The van der Waals surface area contributed by atoms with Crippen molar-refractivity contribution in [2.24, 2.45) is 0 Å². The van der Waals surface area contributed by atoms with Crippen molar-refractivity contribution in [1.29, 1.82) is 0 Å². The van der Waals surface area contributed by atoms with E-state index >= 15 is 0 Å². The smallest absolute Gasteiger partial charge is 0.149 e. The standard InChI is InChI=1S/C10H19NOS/c1-4-10(12)8(2)11(3)9-5-6-13-7-9/h8-9H,4-7H2,1-3H3. The molecule has 0 aliphatic carbocycles. The Morgan fingerprint density at radius 3 is 2.85 bits per heavy atom. The molecular formula is C10H19NOS. The van der Waals surface area contributed by atoms with Crippen LogP contribution in [-0.4, -0.2) is 41.3 Å². The summed E-state index contributed by atoms with van der Waals surface area (Å²) in [5.41, 5.74) is 0. The Balaban J connectivity index is 2.45. The second kappa shape index (κ2) is 5.01. The molecule has 0 radical (unpaired) electrons. The Morgan fingerprint density at radius 2 is 2.38 bits per heavy atom. The second-order valence-electron chi connectivity index (χ2n) is 3.68. The predicted octanol–water partition coefficient (Wildman–Crippen LogP) is 1.79. The summed E-state index contributed by atoms with van der Waals surface area (Å²) in [6, 6.07) is 0.726. The molecule has 1 aliphatic rings. The maximum absolute atomic E-state index is 11.5. The van der Waals surface area contributed by atoms with Gasteiger partial charge in [-0.2, -0.15) is 11.8 Å². The zero-order valence-corrected chi connectivity index (χ0v) is 9.56. The topological polar surface area (TPSA) is 20.3 Å². The number of carbonyl (C=O) groups is 1. The predicted molar refractivity (Wildman–Crippen MR) is 58.3 cm³/mol. The highest BCUT2D eigenvalue weighted by Gasteiger charge is 2.26. The van der Waals surface area contributed by atoms with Crippen LogP contribution in [0, 0.1) is 0 Å². The van der Waals surface area contributed by atoms with Crippen LogP contribution < -0.4 is 0 Å². The molecule has 0 saturated carbocycles. The molecule has 0 aromatic heterocycles. The van der Waals surface area contributed by atoms with E-state index in [2.05, 4.69) is 11.9 Å². The Hall–Kier alpha value is -0.0200. The summed E-state index contributed by atoms with van der Waals surface area (Å²) in [7, 11) is 2.08. The number of nitrogens with zero attached hydrogens (tertiary/aromatic N) is 1. The van der Waals surface area contributed by atoms with E-state index in [1.54, 1.807) is 0 Å². The van der Waals surface area contributed by atoms with Crippen molar-refractivity contribution >= 4 is 17.5 Å². The van der Waals surface area contributed by atoms with E-state index in [0.29, 0.717) is 18.2 Å². The lowest BCUT2D eigenvalue weighted by molar-refractivity contribution is -0.123. The first-order chi connectivity index (χ1) is 6.16. The molecule has 1 fully saturated rings. The van der Waals surface area contributed by atoms with Gasteiger partial charge in [-0.05, 0) is 26.1 Å². The average Bonchev–Trinajstić information content (AvgIpc) is 2.67. The van der Waals surface area contributed by atoms with Crippen LogP contribution in [0.25, 0.3) is 0 Å².